The quantitative estimate of drug-likeness (QED) is 0.574. The second-order valence-electron chi connectivity index (χ2n) is 3.06. The summed E-state index contributed by atoms with van der Waals surface area (Å²) in [7, 11) is 0. The molecule has 0 radical (unpaired) electrons. The van der Waals surface area contributed by atoms with Gasteiger partial charge in [0.1, 0.15) is 0 Å². The van der Waals surface area contributed by atoms with E-state index in [1.54, 1.807) is 6.07 Å². The van der Waals surface area contributed by atoms with E-state index in [0.29, 0.717) is 18.8 Å². The molecule has 0 aromatic heterocycles. The summed E-state index contributed by atoms with van der Waals surface area (Å²) in [6, 6.07) is 4.12. The Morgan fingerprint density at radius 1 is 1.29 bits per heavy atom. The van der Waals surface area contributed by atoms with Gasteiger partial charge in [0.05, 0.1) is 0 Å². The first kappa shape index (κ1) is 8.68. The van der Waals surface area contributed by atoms with Crippen LogP contribution in [0.2, 0.25) is 0 Å². The molecule has 1 heterocycles. The SMILES string of the molecule is O=C1NCCN1c1ccc(O)c(O)c1. The van der Waals surface area contributed by atoms with Gasteiger partial charge in [0, 0.05) is 24.8 Å². The number of hydrogen-bond donors (Lipinski definition) is 3. The number of nitrogens with one attached hydrogen (secondary N) is 1. The van der Waals surface area contributed by atoms with E-state index >= 15 is 0 Å². The molecule has 1 aromatic rings. The Kier molecular flexibility index (Phi) is 1.92. The van der Waals surface area contributed by atoms with Crippen LogP contribution in [0, 0.1) is 0 Å². The van der Waals surface area contributed by atoms with Crippen molar-refractivity contribution in [2.45, 2.75) is 0 Å². The lowest BCUT2D eigenvalue weighted by Gasteiger charge is -2.14. The molecule has 0 saturated carbocycles. The summed E-state index contributed by atoms with van der Waals surface area (Å²) >= 11 is 0. The Morgan fingerprint density at radius 3 is 2.64 bits per heavy atom. The predicted molar refractivity (Wildman–Crippen MR) is 50.5 cm³/mol. The van der Waals surface area contributed by atoms with Gasteiger partial charge >= 0.3 is 6.03 Å². The Bertz CT molecular complexity index is 378. The van der Waals surface area contributed by atoms with Crippen LogP contribution in [0.1, 0.15) is 0 Å². The zero-order valence-corrected chi connectivity index (χ0v) is 7.40. The van der Waals surface area contributed by atoms with Crippen LogP contribution in [0.15, 0.2) is 18.2 Å². The zero-order valence-electron chi connectivity index (χ0n) is 7.40. The average molecular weight is 194 g/mol. The average Bonchev–Trinajstić information content (AvgIpc) is 2.57. The third-order valence-corrected chi connectivity index (χ3v) is 2.13. The number of urea groups is 1. The highest BCUT2D eigenvalue weighted by Crippen LogP contribution is 2.29. The monoisotopic (exact) mass is 194 g/mol. The molecule has 5 heteroatoms. The minimum Gasteiger partial charge on any atom is -0.504 e. The summed E-state index contributed by atoms with van der Waals surface area (Å²) in [5.74, 6) is -0.407. The number of benzene rings is 1. The van der Waals surface area contributed by atoms with Crippen molar-refractivity contribution in [3.05, 3.63) is 18.2 Å². The van der Waals surface area contributed by atoms with E-state index in [0.717, 1.165) is 0 Å². The highest BCUT2D eigenvalue weighted by atomic mass is 16.3. The lowest BCUT2D eigenvalue weighted by molar-refractivity contribution is 0.252. The molecule has 1 aromatic carbocycles. The van der Waals surface area contributed by atoms with Crippen LogP contribution in [-0.4, -0.2) is 29.3 Å². The van der Waals surface area contributed by atoms with E-state index < -0.39 is 0 Å². The molecular weight excluding hydrogens is 184 g/mol. The number of hydrogen-bond acceptors (Lipinski definition) is 3. The van der Waals surface area contributed by atoms with E-state index in [2.05, 4.69) is 5.32 Å². The van der Waals surface area contributed by atoms with E-state index in [4.69, 9.17) is 5.11 Å². The number of nitrogens with zero attached hydrogens (tertiary/aromatic N) is 1. The van der Waals surface area contributed by atoms with Crippen LogP contribution in [0.3, 0.4) is 0 Å². The van der Waals surface area contributed by atoms with Gasteiger partial charge in [-0.25, -0.2) is 4.79 Å². The number of carbonyl (C=O) groups is 1. The van der Waals surface area contributed by atoms with E-state index in [-0.39, 0.29) is 17.5 Å². The molecule has 14 heavy (non-hydrogen) atoms. The van der Waals surface area contributed by atoms with Crippen LogP contribution >= 0.6 is 0 Å². The number of aromatic hydroxyl groups is 2. The fraction of sp³-hybridized carbons (Fsp3) is 0.222. The number of phenolic OH excluding ortho intramolecular Hbond substituents is 2. The first-order chi connectivity index (χ1) is 6.68. The lowest BCUT2D eigenvalue weighted by Crippen LogP contribution is -2.27. The maximum absolute atomic E-state index is 11.2. The normalized spacial score (nSPS) is 15.7. The number of anilines is 1. The summed E-state index contributed by atoms with van der Waals surface area (Å²) in [6.45, 7) is 1.17. The standard InChI is InChI=1S/C9H10N2O3/c12-7-2-1-6(5-8(7)13)11-4-3-10-9(11)14/h1-2,5,12-13H,3-4H2,(H,10,14). The highest BCUT2D eigenvalue weighted by molar-refractivity contribution is 5.94. The zero-order chi connectivity index (χ0) is 10.1. The molecule has 0 bridgehead atoms. The Labute approximate surface area is 80.6 Å². The van der Waals surface area contributed by atoms with E-state index in [1.807, 2.05) is 0 Å². The van der Waals surface area contributed by atoms with Crippen LogP contribution in [0.25, 0.3) is 0 Å². The van der Waals surface area contributed by atoms with Gasteiger partial charge in [-0.2, -0.15) is 0 Å². The first-order valence-corrected chi connectivity index (χ1v) is 4.26. The molecule has 74 valence electrons. The summed E-state index contributed by atoms with van der Waals surface area (Å²) in [5.41, 5.74) is 0.579. The van der Waals surface area contributed by atoms with Crippen molar-refractivity contribution >= 4 is 11.7 Å². The fourth-order valence-corrected chi connectivity index (χ4v) is 1.40. The van der Waals surface area contributed by atoms with E-state index in [1.165, 1.54) is 17.0 Å². The van der Waals surface area contributed by atoms with Gasteiger partial charge < -0.3 is 15.5 Å². The number of phenols is 2. The number of carbonyl (C=O) groups excluding carboxylic acids is 1. The Hall–Kier alpha value is -1.91. The Balaban J connectivity index is 2.32. The molecule has 1 saturated heterocycles. The van der Waals surface area contributed by atoms with Crippen LogP contribution in [-0.2, 0) is 0 Å². The molecule has 0 aliphatic carbocycles. The van der Waals surface area contributed by atoms with Crippen molar-refractivity contribution < 1.29 is 15.0 Å². The van der Waals surface area contributed by atoms with Crippen molar-refractivity contribution in [3.63, 3.8) is 0 Å². The van der Waals surface area contributed by atoms with Gasteiger partial charge in [0.25, 0.3) is 0 Å². The number of amides is 2. The maximum atomic E-state index is 11.2. The predicted octanol–water partition coefficient (Wildman–Crippen LogP) is 0.627. The van der Waals surface area contributed by atoms with E-state index in [9.17, 15) is 9.90 Å². The second kappa shape index (κ2) is 3.10. The molecule has 0 spiro atoms. The van der Waals surface area contributed by atoms with Crippen molar-refractivity contribution in [1.82, 2.24) is 5.32 Å². The van der Waals surface area contributed by atoms with Gasteiger partial charge in [-0.05, 0) is 12.1 Å². The van der Waals surface area contributed by atoms with Gasteiger partial charge in [-0.15, -0.1) is 0 Å². The summed E-state index contributed by atoms with van der Waals surface area (Å²) in [4.78, 5) is 12.7. The van der Waals surface area contributed by atoms with Crippen molar-refractivity contribution in [2.24, 2.45) is 0 Å². The van der Waals surface area contributed by atoms with Crippen molar-refractivity contribution in [2.75, 3.05) is 18.0 Å². The Morgan fingerprint density at radius 2 is 2.07 bits per heavy atom. The molecule has 0 atom stereocenters. The summed E-state index contributed by atoms with van der Waals surface area (Å²) in [5, 5.41) is 21.0. The van der Waals surface area contributed by atoms with Gasteiger partial charge in [0.2, 0.25) is 0 Å². The van der Waals surface area contributed by atoms with Gasteiger partial charge in [0.15, 0.2) is 11.5 Å². The second-order valence-corrected chi connectivity index (χ2v) is 3.06. The topological polar surface area (TPSA) is 72.8 Å². The summed E-state index contributed by atoms with van der Waals surface area (Å²) in [6.07, 6.45) is 0. The van der Waals surface area contributed by atoms with Gasteiger partial charge in [-0.1, -0.05) is 0 Å². The largest absolute Gasteiger partial charge is 0.504 e. The lowest BCUT2D eigenvalue weighted by atomic mass is 10.2. The maximum Gasteiger partial charge on any atom is 0.321 e. The molecule has 2 rings (SSSR count). The van der Waals surface area contributed by atoms with Crippen LogP contribution in [0.5, 0.6) is 11.5 Å². The molecule has 2 amide bonds. The van der Waals surface area contributed by atoms with Crippen molar-refractivity contribution in [1.29, 1.82) is 0 Å². The van der Waals surface area contributed by atoms with Crippen LogP contribution < -0.4 is 10.2 Å². The molecular formula is C9H10N2O3. The molecule has 1 aliphatic heterocycles. The van der Waals surface area contributed by atoms with Crippen LogP contribution in [0.4, 0.5) is 10.5 Å². The van der Waals surface area contributed by atoms with Gasteiger partial charge in [-0.3, -0.25) is 4.90 Å². The minimum absolute atomic E-state index is 0.185. The fourth-order valence-electron chi connectivity index (χ4n) is 1.40. The minimum atomic E-state index is -0.220. The first-order valence-electron chi connectivity index (χ1n) is 4.26. The molecule has 5 nitrogen and oxygen atoms in total. The highest BCUT2D eigenvalue weighted by Gasteiger charge is 2.21. The molecule has 3 N–H and O–H groups in total. The summed E-state index contributed by atoms with van der Waals surface area (Å²) < 4.78 is 0. The molecule has 1 aliphatic rings. The smallest absolute Gasteiger partial charge is 0.321 e. The number of rotatable bonds is 1. The third-order valence-electron chi connectivity index (χ3n) is 2.13. The molecule has 1 fully saturated rings. The third kappa shape index (κ3) is 1.32. The van der Waals surface area contributed by atoms with Crippen molar-refractivity contribution in [3.8, 4) is 11.5 Å². The molecule has 0 unspecified atom stereocenters.